The molecule has 0 aliphatic rings. The van der Waals surface area contributed by atoms with Crippen molar-refractivity contribution in [3.8, 4) is 5.75 Å². The van der Waals surface area contributed by atoms with Crippen LogP contribution in [0.2, 0.25) is 0 Å². The summed E-state index contributed by atoms with van der Waals surface area (Å²) in [5.74, 6) is 1.69. The molecule has 3 aromatic rings. The van der Waals surface area contributed by atoms with E-state index < -0.39 is 9.04 Å². The van der Waals surface area contributed by atoms with E-state index in [0.717, 1.165) is 31.3 Å². The van der Waals surface area contributed by atoms with Crippen molar-refractivity contribution in [3.05, 3.63) is 90.5 Å². The fraction of sp³-hybridized carbons (Fsp3) is 0.538. The lowest BCUT2D eigenvalue weighted by Gasteiger charge is -2.18. The van der Waals surface area contributed by atoms with Gasteiger partial charge in [-0.2, -0.15) is 0 Å². The molecule has 0 fully saturated rings. The van der Waals surface area contributed by atoms with Crippen LogP contribution in [0.1, 0.15) is 109 Å². The van der Waals surface area contributed by atoms with Crippen molar-refractivity contribution < 1.29 is 13.9 Å². The van der Waals surface area contributed by atoms with Crippen LogP contribution in [0.15, 0.2) is 84.9 Å². The third-order valence-electron chi connectivity index (χ3n) is 8.56. The van der Waals surface area contributed by atoms with Gasteiger partial charge < -0.3 is 13.9 Å². The van der Waals surface area contributed by atoms with E-state index in [-0.39, 0.29) is 0 Å². The van der Waals surface area contributed by atoms with Crippen LogP contribution in [-0.2, 0) is 15.8 Å². The van der Waals surface area contributed by atoms with Gasteiger partial charge in [-0.1, -0.05) is 163 Å². The van der Waals surface area contributed by atoms with Crippen molar-refractivity contribution in [2.24, 2.45) is 5.92 Å². The summed E-state index contributed by atoms with van der Waals surface area (Å²) >= 11 is 0. The minimum atomic E-state index is -1.61. The second kappa shape index (κ2) is 23.0. The Hall–Kier alpha value is -2.40. The number of hydrogen-bond acceptors (Lipinski definition) is 3. The number of unbranched alkanes of at least 4 members (excludes halogenated alkanes) is 10. The average Bonchev–Trinajstić information content (AvgIpc) is 3.06. The van der Waals surface area contributed by atoms with E-state index in [2.05, 4.69) is 79.7 Å². The van der Waals surface area contributed by atoms with Gasteiger partial charge in [-0.15, -0.1) is 0 Å². The van der Waals surface area contributed by atoms with Crippen molar-refractivity contribution in [2.75, 3.05) is 20.3 Å². The molecule has 3 aromatic carbocycles. The lowest BCUT2D eigenvalue weighted by Crippen LogP contribution is -2.45. The molecule has 0 saturated carbocycles. The van der Waals surface area contributed by atoms with Crippen LogP contribution >= 0.6 is 0 Å². The van der Waals surface area contributed by atoms with Crippen molar-refractivity contribution >= 4 is 19.4 Å². The predicted molar refractivity (Wildman–Crippen MR) is 186 cm³/mol. The van der Waals surface area contributed by atoms with Crippen LogP contribution in [0.3, 0.4) is 0 Å². The van der Waals surface area contributed by atoms with Gasteiger partial charge in [0, 0.05) is 13.2 Å². The van der Waals surface area contributed by atoms with Crippen LogP contribution in [0.4, 0.5) is 0 Å². The summed E-state index contributed by atoms with van der Waals surface area (Å²) in [4.78, 5) is 0. The lowest BCUT2D eigenvalue weighted by atomic mass is 9.92. The first-order chi connectivity index (χ1) is 21.3. The highest BCUT2D eigenvalue weighted by Gasteiger charge is 2.17. The van der Waals surface area contributed by atoms with Gasteiger partial charge >= 0.3 is 0 Å². The number of rotatable bonds is 25. The Morgan fingerprint density at radius 2 is 1.09 bits per heavy atom. The predicted octanol–water partition coefficient (Wildman–Crippen LogP) is 9.25. The van der Waals surface area contributed by atoms with E-state index in [1.165, 1.54) is 106 Å². The van der Waals surface area contributed by atoms with E-state index in [1.54, 1.807) is 7.11 Å². The highest BCUT2D eigenvalue weighted by molar-refractivity contribution is 6.80. The molecule has 0 radical (unpaired) electrons. The molecule has 0 spiro atoms. The molecule has 43 heavy (non-hydrogen) atoms. The smallest absolute Gasteiger partial charge is 0.239 e. The summed E-state index contributed by atoms with van der Waals surface area (Å²) in [6.07, 6.45) is 20.0. The summed E-state index contributed by atoms with van der Waals surface area (Å²) < 4.78 is 17.9. The van der Waals surface area contributed by atoms with Gasteiger partial charge in [0.15, 0.2) is 0 Å². The SMILES string of the molecule is CCCCCCCCCC(CCCCCCCO[SiH](c1ccccc1)c1ccccc1)CCOCc1ccc(OC)cc1. The highest BCUT2D eigenvalue weighted by atomic mass is 28.3. The Labute approximate surface area is 265 Å². The van der Waals surface area contributed by atoms with Crippen LogP contribution in [-0.4, -0.2) is 29.4 Å². The molecule has 3 rings (SSSR count). The van der Waals surface area contributed by atoms with Crippen molar-refractivity contribution in [2.45, 2.75) is 110 Å². The fourth-order valence-electron chi connectivity index (χ4n) is 5.89. The Morgan fingerprint density at radius 3 is 1.65 bits per heavy atom. The molecule has 0 bridgehead atoms. The van der Waals surface area contributed by atoms with Crippen molar-refractivity contribution in [1.82, 2.24) is 0 Å². The zero-order chi connectivity index (χ0) is 30.2. The van der Waals surface area contributed by atoms with Crippen LogP contribution in [0.5, 0.6) is 5.75 Å². The molecule has 0 heterocycles. The summed E-state index contributed by atoms with van der Waals surface area (Å²) in [6.45, 7) is 4.71. The van der Waals surface area contributed by atoms with E-state index in [0.29, 0.717) is 6.61 Å². The average molecular weight is 603 g/mol. The molecular formula is C39H58O3Si. The van der Waals surface area contributed by atoms with E-state index in [9.17, 15) is 0 Å². The minimum Gasteiger partial charge on any atom is -0.497 e. The third kappa shape index (κ3) is 15.2. The Morgan fingerprint density at radius 1 is 0.558 bits per heavy atom. The standard InChI is InChI=1S/C39H58O3Si/c1-3-4-5-6-7-9-14-21-35(31-33-41-34-36-27-29-37(40-2)30-28-36)22-15-10-8-11-20-32-42-43(38-23-16-12-17-24-38)39-25-18-13-19-26-39/h12-13,16-19,23-30,35,43H,3-11,14-15,20-22,31-34H2,1-2H3. The molecular weight excluding hydrogens is 545 g/mol. The number of hydrogen-bond donors (Lipinski definition) is 0. The Balaban J connectivity index is 1.32. The second-order valence-corrected chi connectivity index (χ2v) is 14.5. The molecule has 0 amide bonds. The maximum atomic E-state index is 6.56. The Bertz CT molecular complexity index is 1000. The Kier molecular flexibility index (Phi) is 18.8. The first-order valence-electron chi connectivity index (χ1n) is 17.2. The van der Waals surface area contributed by atoms with Gasteiger partial charge in [0.1, 0.15) is 5.75 Å². The number of benzene rings is 3. The van der Waals surface area contributed by atoms with Gasteiger partial charge in [-0.25, -0.2) is 0 Å². The molecule has 236 valence electrons. The molecule has 1 unspecified atom stereocenters. The quantitative estimate of drug-likeness (QED) is 0.0715. The maximum Gasteiger partial charge on any atom is 0.239 e. The van der Waals surface area contributed by atoms with Gasteiger partial charge in [0.2, 0.25) is 9.04 Å². The molecule has 0 aromatic heterocycles. The van der Waals surface area contributed by atoms with Crippen LogP contribution < -0.4 is 15.1 Å². The zero-order valence-electron chi connectivity index (χ0n) is 27.2. The van der Waals surface area contributed by atoms with Crippen molar-refractivity contribution in [3.63, 3.8) is 0 Å². The monoisotopic (exact) mass is 602 g/mol. The summed E-state index contributed by atoms with van der Waals surface area (Å²) in [6, 6.07) is 29.9. The van der Waals surface area contributed by atoms with Crippen LogP contribution in [0.25, 0.3) is 0 Å². The molecule has 0 N–H and O–H groups in total. The molecule has 0 aliphatic carbocycles. The number of ether oxygens (including phenoxy) is 2. The minimum absolute atomic E-state index is 0.689. The maximum absolute atomic E-state index is 6.56. The van der Waals surface area contributed by atoms with E-state index in [1.807, 2.05) is 12.1 Å². The molecule has 1 atom stereocenters. The molecule has 0 aliphatic heterocycles. The van der Waals surface area contributed by atoms with Gasteiger partial charge in [0.05, 0.1) is 13.7 Å². The van der Waals surface area contributed by atoms with Crippen molar-refractivity contribution in [1.29, 1.82) is 0 Å². The fourth-order valence-corrected chi connectivity index (χ4v) is 8.21. The zero-order valence-corrected chi connectivity index (χ0v) is 28.3. The van der Waals surface area contributed by atoms with Gasteiger partial charge in [-0.3, -0.25) is 0 Å². The topological polar surface area (TPSA) is 27.7 Å². The summed E-state index contributed by atoms with van der Waals surface area (Å²) in [5.41, 5.74) is 1.22. The van der Waals surface area contributed by atoms with Gasteiger partial charge in [-0.05, 0) is 46.8 Å². The first-order valence-corrected chi connectivity index (χ1v) is 18.8. The number of methoxy groups -OCH3 is 1. The normalized spacial score (nSPS) is 12.1. The van der Waals surface area contributed by atoms with E-state index in [4.69, 9.17) is 13.9 Å². The summed E-state index contributed by atoms with van der Waals surface area (Å²) in [7, 11) is 0.102. The lowest BCUT2D eigenvalue weighted by molar-refractivity contribution is 0.104. The third-order valence-corrected chi connectivity index (χ3v) is 11.1. The van der Waals surface area contributed by atoms with Gasteiger partial charge in [0.25, 0.3) is 0 Å². The summed E-state index contributed by atoms with van der Waals surface area (Å²) in [5, 5.41) is 2.74. The first kappa shape index (κ1) is 35.1. The second-order valence-electron chi connectivity index (χ2n) is 12.1. The van der Waals surface area contributed by atoms with E-state index >= 15 is 0 Å². The van der Waals surface area contributed by atoms with Crippen LogP contribution in [0, 0.1) is 5.92 Å². The molecule has 4 heteroatoms. The molecule has 3 nitrogen and oxygen atoms in total. The highest BCUT2D eigenvalue weighted by Crippen LogP contribution is 2.23. The largest absolute Gasteiger partial charge is 0.497 e. The molecule has 0 saturated heterocycles.